The average Bonchev–Trinajstić information content (AvgIpc) is 3.38. The molecule has 1 aromatic heterocycles. The lowest BCUT2D eigenvalue weighted by Gasteiger charge is -2.18. The highest BCUT2D eigenvalue weighted by Gasteiger charge is 2.30. The Morgan fingerprint density at radius 2 is 1.93 bits per heavy atom. The Labute approximate surface area is 172 Å². The number of anilines is 1. The van der Waals surface area contributed by atoms with Gasteiger partial charge in [0.25, 0.3) is 5.69 Å². The second kappa shape index (κ2) is 8.04. The second-order valence-electron chi connectivity index (χ2n) is 7.23. The van der Waals surface area contributed by atoms with E-state index in [1.54, 1.807) is 12.3 Å². The van der Waals surface area contributed by atoms with E-state index in [1.165, 1.54) is 28.6 Å². The lowest BCUT2D eigenvalue weighted by molar-refractivity contribution is -0.385. The van der Waals surface area contributed by atoms with Crippen LogP contribution in [0.3, 0.4) is 0 Å². The zero-order chi connectivity index (χ0) is 21.3. The minimum absolute atomic E-state index is 0.0837. The van der Waals surface area contributed by atoms with E-state index in [1.807, 2.05) is 0 Å². The number of hydrogen-bond acceptors (Lipinski definition) is 5. The molecular formula is C20H21FN4O4S. The molecule has 2 N–H and O–H groups in total. The van der Waals surface area contributed by atoms with Crippen LogP contribution in [0.15, 0.2) is 47.5 Å². The van der Waals surface area contributed by atoms with Crippen LogP contribution in [0, 0.1) is 15.9 Å². The molecule has 158 valence electrons. The molecule has 4 rings (SSSR count). The van der Waals surface area contributed by atoms with Gasteiger partial charge in [-0.15, -0.1) is 0 Å². The Kier molecular flexibility index (Phi) is 5.44. The zero-order valence-electron chi connectivity index (χ0n) is 16.1. The smallest absolute Gasteiger partial charge is 0.270 e. The average molecular weight is 432 g/mol. The summed E-state index contributed by atoms with van der Waals surface area (Å²) in [5, 5.41) is 15.2. The molecule has 10 heteroatoms. The fraction of sp³-hybridized carbons (Fsp3) is 0.300. The first-order valence-electron chi connectivity index (χ1n) is 9.64. The van der Waals surface area contributed by atoms with Crippen LogP contribution < -0.4 is 5.32 Å². The molecule has 0 bridgehead atoms. The second-order valence-corrected chi connectivity index (χ2v) is 9.14. The number of H-pyrrole nitrogens is 1. The Balaban J connectivity index is 1.58. The molecule has 1 fully saturated rings. The van der Waals surface area contributed by atoms with Crippen molar-refractivity contribution in [3.8, 4) is 0 Å². The molecule has 0 atom stereocenters. The van der Waals surface area contributed by atoms with Crippen LogP contribution in [0.2, 0.25) is 0 Å². The summed E-state index contributed by atoms with van der Waals surface area (Å²) in [6.45, 7) is 1.23. The molecule has 0 saturated carbocycles. The number of aromatic amines is 1. The third-order valence-corrected chi connectivity index (χ3v) is 7.24. The fourth-order valence-electron chi connectivity index (χ4n) is 3.75. The van der Waals surface area contributed by atoms with E-state index in [0.29, 0.717) is 37.3 Å². The first-order valence-corrected chi connectivity index (χ1v) is 11.1. The number of benzene rings is 2. The molecule has 0 radical (unpaired) electrons. The van der Waals surface area contributed by atoms with E-state index in [-0.39, 0.29) is 16.4 Å². The molecule has 1 saturated heterocycles. The highest BCUT2D eigenvalue weighted by molar-refractivity contribution is 7.89. The zero-order valence-corrected chi connectivity index (χ0v) is 16.9. The first kappa shape index (κ1) is 20.3. The van der Waals surface area contributed by atoms with Crippen LogP contribution in [0.1, 0.15) is 18.4 Å². The molecule has 1 aliphatic heterocycles. The van der Waals surface area contributed by atoms with Gasteiger partial charge in [-0.25, -0.2) is 12.8 Å². The lowest BCUT2D eigenvalue weighted by atomic mass is 10.1. The molecule has 1 aliphatic rings. The van der Waals surface area contributed by atoms with Gasteiger partial charge in [0.15, 0.2) is 0 Å². The topological polar surface area (TPSA) is 108 Å². The number of non-ortho nitro benzene ring substituents is 1. The number of fused-ring (bicyclic) bond motifs is 1. The van der Waals surface area contributed by atoms with E-state index < -0.39 is 14.9 Å². The van der Waals surface area contributed by atoms with E-state index in [0.717, 1.165) is 29.9 Å². The summed E-state index contributed by atoms with van der Waals surface area (Å²) in [5.41, 5.74) is 1.72. The van der Waals surface area contributed by atoms with Crippen LogP contribution in [0.5, 0.6) is 0 Å². The van der Waals surface area contributed by atoms with Gasteiger partial charge in [0.05, 0.1) is 10.6 Å². The summed E-state index contributed by atoms with van der Waals surface area (Å²) >= 11 is 0. The van der Waals surface area contributed by atoms with Gasteiger partial charge >= 0.3 is 0 Å². The number of nitrogens with zero attached hydrogens (tertiary/aromatic N) is 2. The van der Waals surface area contributed by atoms with Crippen molar-refractivity contribution in [2.75, 3.05) is 25.0 Å². The summed E-state index contributed by atoms with van der Waals surface area (Å²) < 4.78 is 40.8. The number of aromatic nitrogens is 1. The van der Waals surface area contributed by atoms with E-state index >= 15 is 0 Å². The number of nitro groups is 1. The van der Waals surface area contributed by atoms with E-state index in [4.69, 9.17) is 0 Å². The summed E-state index contributed by atoms with van der Waals surface area (Å²) in [7, 11) is -3.83. The summed E-state index contributed by atoms with van der Waals surface area (Å²) in [6.07, 6.45) is 3.91. The van der Waals surface area contributed by atoms with Gasteiger partial charge in [0.1, 0.15) is 10.7 Å². The number of nitrogens with one attached hydrogen (secondary N) is 2. The summed E-state index contributed by atoms with van der Waals surface area (Å²) in [4.78, 5) is 13.5. The third kappa shape index (κ3) is 3.88. The van der Waals surface area contributed by atoms with Crippen molar-refractivity contribution in [1.29, 1.82) is 0 Å². The standard InChI is InChI=1S/C20H21FN4O4S/c21-15-3-5-17-14(13-23-19(17)11-15)7-8-22-18-6-4-16(25(26)27)12-20(18)30(28,29)24-9-1-2-10-24/h3-6,11-13,22-23H,1-2,7-10H2. The van der Waals surface area contributed by atoms with Gasteiger partial charge in [0.2, 0.25) is 10.0 Å². The monoisotopic (exact) mass is 432 g/mol. The molecule has 0 aliphatic carbocycles. The molecule has 0 unspecified atom stereocenters. The summed E-state index contributed by atoms with van der Waals surface area (Å²) in [5.74, 6) is -0.323. The van der Waals surface area contributed by atoms with Gasteiger partial charge in [-0.05, 0) is 49.1 Å². The summed E-state index contributed by atoms with van der Waals surface area (Å²) in [6, 6.07) is 8.36. The number of rotatable bonds is 7. The van der Waals surface area contributed by atoms with Gasteiger partial charge in [-0.3, -0.25) is 10.1 Å². The lowest BCUT2D eigenvalue weighted by Crippen LogP contribution is -2.28. The first-order chi connectivity index (χ1) is 14.4. The van der Waals surface area contributed by atoms with Crippen LogP contribution >= 0.6 is 0 Å². The molecule has 2 aromatic carbocycles. The molecule has 0 amide bonds. The van der Waals surface area contributed by atoms with E-state index in [9.17, 15) is 22.9 Å². The molecule has 8 nitrogen and oxygen atoms in total. The highest BCUT2D eigenvalue weighted by atomic mass is 32.2. The van der Waals surface area contributed by atoms with Gasteiger partial charge in [0, 0.05) is 48.9 Å². The van der Waals surface area contributed by atoms with Crippen LogP contribution in [0.25, 0.3) is 10.9 Å². The number of hydrogen-bond donors (Lipinski definition) is 2. The quantitative estimate of drug-likeness (QED) is 0.438. The molecule has 30 heavy (non-hydrogen) atoms. The molecule has 0 spiro atoms. The minimum Gasteiger partial charge on any atom is -0.384 e. The van der Waals surface area contributed by atoms with Crippen molar-refractivity contribution in [3.05, 3.63) is 64.1 Å². The molecule has 2 heterocycles. The molecule has 3 aromatic rings. The fourth-order valence-corrected chi connectivity index (χ4v) is 5.45. The van der Waals surface area contributed by atoms with Crippen LogP contribution in [-0.2, 0) is 16.4 Å². The number of nitro benzene ring substituents is 1. The number of sulfonamides is 1. The van der Waals surface area contributed by atoms with Crippen molar-refractivity contribution >= 4 is 32.3 Å². The highest BCUT2D eigenvalue weighted by Crippen LogP contribution is 2.31. The van der Waals surface area contributed by atoms with Gasteiger partial charge in [-0.2, -0.15) is 4.31 Å². The van der Waals surface area contributed by atoms with Crippen molar-refractivity contribution in [2.24, 2.45) is 0 Å². The Morgan fingerprint density at radius 1 is 1.17 bits per heavy atom. The molecular weight excluding hydrogens is 411 g/mol. The van der Waals surface area contributed by atoms with Crippen molar-refractivity contribution in [3.63, 3.8) is 0 Å². The predicted octanol–water partition coefficient (Wildman–Crippen LogP) is 3.65. The van der Waals surface area contributed by atoms with Crippen molar-refractivity contribution < 1.29 is 17.7 Å². The van der Waals surface area contributed by atoms with Crippen molar-refractivity contribution in [1.82, 2.24) is 9.29 Å². The SMILES string of the molecule is O=[N+]([O-])c1ccc(NCCc2c[nH]c3cc(F)ccc23)c(S(=O)(=O)N2CCCC2)c1. The Hall–Kier alpha value is -2.98. The largest absolute Gasteiger partial charge is 0.384 e. The Bertz CT molecular complexity index is 1200. The van der Waals surface area contributed by atoms with Gasteiger partial charge < -0.3 is 10.3 Å². The van der Waals surface area contributed by atoms with Gasteiger partial charge in [-0.1, -0.05) is 0 Å². The maximum atomic E-state index is 13.4. The minimum atomic E-state index is -3.83. The van der Waals surface area contributed by atoms with Crippen LogP contribution in [0.4, 0.5) is 15.8 Å². The maximum Gasteiger partial charge on any atom is 0.270 e. The third-order valence-electron chi connectivity index (χ3n) is 5.30. The Morgan fingerprint density at radius 3 is 2.67 bits per heavy atom. The van der Waals surface area contributed by atoms with Crippen molar-refractivity contribution in [2.45, 2.75) is 24.2 Å². The normalized spacial score (nSPS) is 15.0. The number of halogens is 1. The van der Waals surface area contributed by atoms with E-state index in [2.05, 4.69) is 10.3 Å². The van der Waals surface area contributed by atoms with Crippen LogP contribution in [-0.4, -0.2) is 42.3 Å². The maximum absolute atomic E-state index is 13.4. The predicted molar refractivity (Wildman–Crippen MR) is 112 cm³/mol.